The molecule has 7 nitrogen and oxygen atoms in total. The van der Waals surface area contributed by atoms with Crippen molar-refractivity contribution in [1.82, 2.24) is 20.4 Å². The lowest BCUT2D eigenvalue weighted by Crippen LogP contribution is -2.51. The zero-order valence-corrected chi connectivity index (χ0v) is 19.1. The van der Waals surface area contributed by atoms with Gasteiger partial charge < -0.3 is 25.2 Å². The summed E-state index contributed by atoms with van der Waals surface area (Å²) in [6.07, 6.45) is 4.05. The first-order valence-electron chi connectivity index (χ1n) is 11.6. The number of hydrogen-bond acceptors (Lipinski definition) is 4. The van der Waals surface area contributed by atoms with Gasteiger partial charge in [0.05, 0.1) is 12.5 Å². The Morgan fingerprint density at radius 1 is 1.13 bits per heavy atom. The van der Waals surface area contributed by atoms with E-state index >= 15 is 0 Å². The van der Waals surface area contributed by atoms with Crippen molar-refractivity contribution in [2.45, 2.75) is 39.2 Å². The van der Waals surface area contributed by atoms with E-state index in [1.54, 1.807) is 14.2 Å². The van der Waals surface area contributed by atoms with Crippen molar-refractivity contribution in [1.29, 1.82) is 0 Å². The number of carbonyl (C=O) groups is 2. The fourth-order valence-electron chi connectivity index (χ4n) is 6.31. The Morgan fingerprint density at radius 3 is 2.45 bits per heavy atom. The number of hydrogen-bond donors (Lipinski definition) is 2. The smallest absolute Gasteiger partial charge is 0.317 e. The minimum atomic E-state index is -0.246. The van der Waals surface area contributed by atoms with Gasteiger partial charge in [-0.15, -0.1) is 0 Å². The maximum absolute atomic E-state index is 12.9. The van der Waals surface area contributed by atoms with Crippen molar-refractivity contribution in [3.05, 3.63) is 29.8 Å². The third-order valence-electron chi connectivity index (χ3n) is 8.20. The molecule has 3 fully saturated rings. The van der Waals surface area contributed by atoms with Gasteiger partial charge >= 0.3 is 6.03 Å². The maximum atomic E-state index is 12.9. The quantitative estimate of drug-likeness (QED) is 0.756. The number of methoxy groups -OCH3 is 1. The normalized spacial score (nSPS) is 27.2. The minimum absolute atomic E-state index is 0.00263. The molecular weight excluding hydrogens is 392 g/mol. The zero-order valence-electron chi connectivity index (χ0n) is 19.1. The summed E-state index contributed by atoms with van der Waals surface area (Å²) < 4.78 is 5.18. The zero-order chi connectivity index (χ0) is 22.1. The molecule has 2 heterocycles. The molecule has 2 saturated heterocycles. The largest absolute Gasteiger partial charge is 0.497 e. The summed E-state index contributed by atoms with van der Waals surface area (Å²) in [7, 11) is 3.41. The summed E-state index contributed by atoms with van der Waals surface area (Å²) in [4.78, 5) is 30.1. The van der Waals surface area contributed by atoms with E-state index in [0.717, 1.165) is 69.7 Å². The van der Waals surface area contributed by atoms with Gasteiger partial charge in [-0.1, -0.05) is 19.1 Å². The highest BCUT2D eigenvalue weighted by Crippen LogP contribution is 2.62. The number of benzene rings is 1. The minimum Gasteiger partial charge on any atom is -0.497 e. The third-order valence-corrected chi connectivity index (χ3v) is 8.20. The van der Waals surface area contributed by atoms with E-state index in [1.807, 2.05) is 29.2 Å². The maximum Gasteiger partial charge on any atom is 0.317 e. The first kappa shape index (κ1) is 21.9. The van der Waals surface area contributed by atoms with E-state index in [0.29, 0.717) is 12.5 Å². The number of rotatable bonds is 5. The van der Waals surface area contributed by atoms with Crippen LogP contribution in [-0.4, -0.2) is 68.6 Å². The standard InChI is InChI=1S/C24H36N4O3/c1-4-27-16-20-23(9-10-24(20,17-27)21(29)25-2)11-13-28(14-12-23)22(30)26-15-18-5-7-19(31-3)8-6-18/h5-8,20H,4,9-17H2,1-3H3,(H,25,29)(H,26,30)/t20-,24+/m1/s1. The highest BCUT2D eigenvalue weighted by Gasteiger charge is 2.63. The van der Waals surface area contributed by atoms with Crippen molar-refractivity contribution < 1.29 is 14.3 Å². The average molecular weight is 429 g/mol. The van der Waals surface area contributed by atoms with Crippen molar-refractivity contribution >= 4 is 11.9 Å². The first-order chi connectivity index (χ1) is 15.0. The summed E-state index contributed by atoms with van der Waals surface area (Å²) in [5.41, 5.74) is 0.992. The molecule has 1 spiro atoms. The number of nitrogens with zero attached hydrogens (tertiary/aromatic N) is 2. The van der Waals surface area contributed by atoms with E-state index < -0.39 is 0 Å². The Balaban J connectivity index is 1.36. The highest BCUT2D eigenvalue weighted by atomic mass is 16.5. The van der Waals surface area contributed by atoms with Gasteiger partial charge in [0.25, 0.3) is 0 Å². The molecule has 170 valence electrons. The van der Waals surface area contributed by atoms with Crippen molar-refractivity contribution in [3.8, 4) is 5.75 Å². The van der Waals surface area contributed by atoms with Gasteiger partial charge in [-0.2, -0.15) is 0 Å². The van der Waals surface area contributed by atoms with Crippen LogP contribution in [0.3, 0.4) is 0 Å². The van der Waals surface area contributed by atoms with Crippen LogP contribution in [0, 0.1) is 16.7 Å². The molecule has 0 unspecified atom stereocenters. The molecule has 2 N–H and O–H groups in total. The molecule has 0 radical (unpaired) electrons. The van der Waals surface area contributed by atoms with Crippen LogP contribution in [0.4, 0.5) is 4.79 Å². The number of likely N-dealkylation sites (tertiary alicyclic amines) is 2. The molecule has 31 heavy (non-hydrogen) atoms. The predicted molar refractivity (Wildman–Crippen MR) is 120 cm³/mol. The molecule has 2 aliphatic heterocycles. The molecule has 1 saturated carbocycles. The number of fused-ring (bicyclic) bond motifs is 2. The van der Waals surface area contributed by atoms with Crippen LogP contribution in [-0.2, 0) is 11.3 Å². The predicted octanol–water partition coefficient (Wildman–Crippen LogP) is 2.46. The topological polar surface area (TPSA) is 73.9 Å². The molecule has 7 heteroatoms. The van der Waals surface area contributed by atoms with Crippen LogP contribution in [0.25, 0.3) is 0 Å². The number of nitrogens with one attached hydrogen (secondary N) is 2. The summed E-state index contributed by atoms with van der Waals surface area (Å²) >= 11 is 0. The van der Waals surface area contributed by atoms with Gasteiger partial charge in [-0.05, 0) is 61.3 Å². The van der Waals surface area contributed by atoms with Gasteiger partial charge in [-0.3, -0.25) is 4.79 Å². The van der Waals surface area contributed by atoms with Crippen molar-refractivity contribution in [3.63, 3.8) is 0 Å². The van der Waals surface area contributed by atoms with E-state index in [2.05, 4.69) is 22.5 Å². The van der Waals surface area contributed by atoms with Crippen LogP contribution < -0.4 is 15.4 Å². The second kappa shape index (κ2) is 8.69. The van der Waals surface area contributed by atoms with Crippen LogP contribution in [0.2, 0.25) is 0 Å². The lowest BCUT2D eigenvalue weighted by molar-refractivity contribution is -0.132. The molecule has 0 bridgehead atoms. The lowest BCUT2D eigenvalue weighted by Gasteiger charge is -2.44. The lowest BCUT2D eigenvalue weighted by atomic mass is 9.65. The third kappa shape index (κ3) is 3.88. The number of carbonyl (C=O) groups excluding carboxylic acids is 2. The molecule has 3 aliphatic rings. The van der Waals surface area contributed by atoms with Gasteiger partial charge in [0.2, 0.25) is 5.91 Å². The second-order valence-electron chi connectivity index (χ2n) is 9.47. The molecule has 1 aromatic rings. The second-order valence-corrected chi connectivity index (χ2v) is 9.47. The monoisotopic (exact) mass is 428 g/mol. The Morgan fingerprint density at radius 2 is 1.84 bits per heavy atom. The van der Waals surface area contributed by atoms with Crippen LogP contribution in [0.15, 0.2) is 24.3 Å². The fraction of sp³-hybridized carbons (Fsp3) is 0.667. The van der Waals surface area contributed by atoms with E-state index in [9.17, 15) is 9.59 Å². The van der Waals surface area contributed by atoms with Crippen LogP contribution in [0.1, 0.15) is 38.2 Å². The average Bonchev–Trinajstić information content (AvgIpc) is 3.34. The van der Waals surface area contributed by atoms with Crippen molar-refractivity contribution in [2.75, 3.05) is 46.9 Å². The first-order valence-corrected chi connectivity index (χ1v) is 11.6. The highest BCUT2D eigenvalue weighted by molar-refractivity contribution is 5.84. The molecule has 0 aromatic heterocycles. The number of ether oxygens (including phenoxy) is 1. The Bertz CT molecular complexity index is 804. The molecule has 3 amide bonds. The van der Waals surface area contributed by atoms with Gasteiger partial charge in [-0.25, -0.2) is 4.79 Å². The van der Waals surface area contributed by atoms with Crippen LogP contribution >= 0.6 is 0 Å². The number of amides is 3. The van der Waals surface area contributed by atoms with Gasteiger partial charge in [0.15, 0.2) is 0 Å². The molecule has 1 aromatic carbocycles. The molecule has 1 aliphatic carbocycles. The Kier molecular flexibility index (Phi) is 6.15. The Hall–Kier alpha value is -2.28. The number of piperidine rings is 1. The van der Waals surface area contributed by atoms with E-state index in [-0.39, 0.29) is 22.8 Å². The van der Waals surface area contributed by atoms with Gasteiger partial charge in [0, 0.05) is 39.8 Å². The van der Waals surface area contributed by atoms with Gasteiger partial charge in [0.1, 0.15) is 5.75 Å². The summed E-state index contributed by atoms with van der Waals surface area (Å²) in [5.74, 6) is 1.42. The molecule has 4 rings (SSSR count). The van der Waals surface area contributed by atoms with Crippen molar-refractivity contribution in [2.24, 2.45) is 16.7 Å². The SMILES string of the molecule is CCN1C[C@@H]2C3(CCN(C(=O)NCc4ccc(OC)cc4)CC3)CC[C@]2(C(=O)NC)C1. The Labute approximate surface area is 185 Å². The summed E-state index contributed by atoms with van der Waals surface area (Å²) in [5, 5.41) is 6.01. The summed E-state index contributed by atoms with van der Waals surface area (Å²) in [6.45, 7) is 7.10. The van der Waals surface area contributed by atoms with E-state index in [1.165, 1.54) is 0 Å². The number of urea groups is 1. The van der Waals surface area contributed by atoms with E-state index in [4.69, 9.17) is 4.74 Å². The summed E-state index contributed by atoms with van der Waals surface area (Å²) in [6, 6.07) is 7.77. The molecular formula is C24H36N4O3. The van der Waals surface area contributed by atoms with Crippen LogP contribution in [0.5, 0.6) is 5.75 Å². The fourth-order valence-corrected chi connectivity index (χ4v) is 6.31. The molecule has 2 atom stereocenters.